The third kappa shape index (κ3) is 3.62. The van der Waals surface area contributed by atoms with E-state index < -0.39 is 5.97 Å². The highest BCUT2D eigenvalue weighted by atomic mass is 32.1. The summed E-state index contributed by atoms with van der Waals surface area (Å²) < 4.78 is 11.5. The number of thiophene rings is 1. The second-order valence-electron chi connectivity index (χ2n) is 5.72. The van der Waals surface area contributed by atoms with Crippen LogP contribution in [0.4, 0.5) is 0 Å². The molecule has 6 nitrogen and oxygen atoms in total. The van der Waals surface area contributed by atoms with Gasteiger partial charge in [0.25, 0.3) is 5.91 Å². The van der Waals surface area contributed by atoms with E-state index in [0.717, 1.165) is 20.1 Å². The van der Waals surface area contributed by atoms with Crippen LogP contribution in [0.25, 0.3) is 20.1 Å². The molecule has 0 bridgehead atoms. The largest absolute Gasteiger partial charge is 0.451 e. The van der Waals surface area contributed by atoms with Gasteiger partial charge in [-0.2, -0.15) is 0 Å². The molecular formula is C18H16N2O4S2. The number of carbonyl (C=O) groups is 2. The van der Waals surface area contributed by atoms with Gasteiger partial charge in [0.05, 0.1) is 28.3 Å². The second-order valence-corrected chi connectivity index (χ2v) is 7.83. The van der Waals surface area contributed by atoms with E-state index in [2.05, 4.69) is 4.98 Å². The summed E-state index contributed by atoms with van der Waals surface area (Å²) in [6, 6.07) is 11.5. The van der Waals surface area contributed by atoms with E-state index in [9.17, 15) is 9.59 Å². The van der Waals surface area contributed by atoms with Gasteiger partial charge in [0, 0.05) is 13.1 Å². The van der Waals surface area contributed by atoms with E-state index in [1.165, 1.54) is 11.3 Å². The Morgan fingerprint density at radius 1 is 1.12 bits per heavy atom. The first kappa shape index (κ1) is 17.1. The van der Waals surface area contributed by atoms with Gasteiger partial charge in [0.2, 0.25) is 0 Å². The fraction of sp³-hybridized carbons (Fsp3) is 0.278. The van der Waals surface area contributed by atoms with Gasteiger partial charge in [-0.05, 0) is 24.3 Å². The molecule has 3 aromatic rings. The van der Waals surface area contributed by atoms with Gasteiger partial charge in [-0.3, -0.25) is 4.79 Å². The number of amides is 1. The van der Waals surface area contributed by atoms with Gasteiger partial charge in [0.1, 0.15) is 9.88 Å². The number of ether oxygens (including phenoxy) is 2. The lowest BCUT2D eigenvalue weighted by atomic mass is 10.3. The summed E-state index contributed by atoms with van der Waals surface area (Å²) >= 11 is 2.91. The Labute approximate surface area is 158 Å². The molecule has 3 heterocycles. The Balaban J connectivity index is 1.40. The number of fused-ring (bicyclic) bond motifs is 1. The summed E-state index contributed by atoms with van der Waals surface area (Å²) in [5, 5.41) is 0.875. The molecule has 1 amide bonds. The van der Waals surface area contributed by atoms with Crippen LogP contribution in [-0.2, 0) is 14.3 Å². The van der Waals surface area contributed by atoms with Crippen molar-refractivity contribution in [3.63, 3.8) is 0 Å². The quantitative estimate of drug-likeness (QED) is 0.643. The van der Waals surface area contributed by atoms with Crippen molar-refractivity contribution in [3.05, 3.63) is 41.3 Å². The van der Waals surface area contributed by atoms with E-state index in [-0.39, 0.29) is 12.5 Å². The van der Waals surface area contributed by atoms with Crippen LogP contribution < -0.4 is 0 Å². The molecule has 1 aliphatic heterocycles. The van der Waals surface area contributed by atoms with Crippen molar-refractivity contribution < 1.29 is 19.1 Å². The zero-order valence-corrected chi connectivity index (χ0v) is 15.5. The lowest BCUT2D eigenvalue weighted by Gasteiger charge is -2.26. The van der Waals surface area contributed by atoms with Crippen LogP contribution in [0.2, 0.25) is 0 Å². The number of para-hydroxylation sites is 1. The van der Waals surface area contributed by atoms with Crippen molar-refractivity contribution in [2.75, 3.05) is 32.9 Å². The number of morpholine rings is 1. The Morgan fingerprint density at radius 2 is 1.92 bits per heavy atom. The lowest BCUT2D eigenvalue weighted by molar-refractivity contribution is -0.138. The third-order valence-corrected chi connectivity index (χ3v) is 6.27. The Kier molecular flexibility index (Phi) is 4.96. The Hall–Kier alpha value is -2.29. The summed E-state index contributed by atoms with van der Waals surface area (Å²) in [7, 11) is 0. The average Bonchev–Trinajstić information content (AvgIpc) is 3.33. The first-order valence-corrected chi connectivity index (χ1v) is 9.82. The minimum atomic E-state index is -0.482. The number of carbonyl (C=O) groups excluding carboxylic acids is 2. The third-order valence-electron chi connectivity index (χ3n) is 4.00. The fourth-order valence-corrected chi connectivity index (χ4v) is 4.56. The molecule has 0 aliphatic carbocycles. The molecule has 0 unspecified atom stereocenters. The SMILES string of the molecule is O=C(OCC(=O)N1CCOCC1)c1ccc(-c2nc3ccccc3s2)s1. The minimum absolute atomic E-state index is 0.190. The molecule has 1 aliphatic rings. The number of thiazole rings is 1. The topological polar surface area (TPSA) is 68.7 Å². The normalized spacial score (nSPS) is 14.5. The standard InChI is InChI=1S/C18H16N2O4S2/c21-16(20-7-9-23-10-8-20)11-24-18(22)15-6-5-14(25-15)17-19-12-3-1-2-4-13(12)26-17/h1-6H,7-11H2. The van der Waals surface area contributed by atoms with Crippen LogP contribution in [0.1, 0.15) is 9.67 Å². The Bertz CT molecular complexity index is 910. The van der Waals surface area contributed by atoms with Gasteiger partial charge in [-0.15, -0.1) is 22.7 Å². The molecule has 4 rings (SSSR count). The molecule has 1 aromatic carbocycles. The lowest BCUT2D eigenvalue weighted by Crippen LogP contribution is -2.42. The number of hydrogen-bond donors (Lipinski definition) is 0. The average molecular weight is 388 g/mol. The molecule has 2 aromatic heterocycles. The fourth-order valence-electron chi connectivity index (χ4n) is 2.64. The van der Waals surface area contributed by atoms with Gasteiger partial charge < -0.3 is 14.4 Å². The van der Waals surface area contributed by atoms with E-state index in [1.807, 2.05) is 30.3 Å². The van der Waals surface area contributed by atoms with E-state index in [0.29, 0.717) is 31.2 Å². The minimum Gasteiger partial charge on any atom is -0.451 e. The van der Waals surface area contributed by atoms with Crippen LogP contribution in [0.15, 0.2) is 36.4 Å². The van der Waals surface area contributed by atoms with Crippen LogP contribution in [0, 0.1) is 0 Å². The molecular weight excluding hydrogens is 372 g/mol. The molecule has 0 spiro atoms. The zero-order valence-electron chi connectivity index (χ0n) is 13.8. The Morgan fingerprint density at radius 3 is 2.73 bits per heavy atom. The highest BCUT2D eigenvalue weighted by molar-refractivity contribution is 7.26. The number of hydrogen-bond acceptors (Lipinski definition) is 7. The maximum absolute atomic E-state index is 12.2. The van der Waals surface area contributed by atoms with Crippen molar-refractivity contribution in [2.24, 2.45) is 0 Å². The first-order chi connectivity index (χ1) is 12.7. The summed E-state index contributed by atoms with van der Waals surface area (Å²) in [5.41, 5.74) is 0.945. The molecule has 0 atom stereocenters. The molecule has 0 radical (unpaired) electrons. The highest BCUT2D eigenvalue weighted by Crippen LogP contribution is 2.34. The molecule has 8 heteroatoms. The van der Waals surface area contributed by atoms with Gasteiger partial charge in [-0.25, -0.2) is 9.78 Å². The predicted molar refractivity (Wildman–Crippen MR) is 101 cm³/mol. The van der Waals surface area contributed by atoms with Crippen LogP contribution in [-0.4, -0.2) is 54.7 Å². The molecule has 1 saturated heterocycles. The smallest absolute Gasteiger partial charge is 0.348 e. The molecule has 134 valence electrons. The number of esters is 1. The second kappa shape index (κ2) is 7.53. The van der Waals surface area contributed by atoms with Gasteiger partial charge in [0.15, 0.2) is 6.61 Å². The first-order valence-electron chi connectivity index (χ1n) is 8.19. The monoisotopic (exact) mass is 388 g/mol. The molecule has 0 saturated carbocycles. The van der Waals surface area contributed by atoms with Crippen molar-refractivity contribution in [1.29, 1.82) is 0 Å². The summed E-state index contributed by atoms with van der Waals surface area (Å²) in [6.45, 7) is 1.88. The maximum atomic E-state index is 12.2. The van der Waals surface area contributed by atoms with Crippen LogP contribution in [0.5, 0.6) is 0 Å². The van der Waals surface area contributed by atoms with Gasteiger partial charge in [-0.1, -0.05) is 12.1 Å². The maximum Gasteiger partial charge on any atom is 0.348 e. The van der Waals surface area contributed by atoms with E-state index >= 15 is 0 Å². The summed E-state index contributed by atoms with van der Waals surface area (Å²) in [4.78, 5) is 31.9. The van der Waals surface area contributed by atoms with E-state index in [1.54, 1.807) is 22.3 Å². The zero-order chi connectivity index (χ0) is 17.9. The van der Waals surface area contributed by atoms with E-state index in [4.69, 9.17) is 9.47 Å². The number of benzene rings is 1. The predicted octanol–water partition coefficient (Wildman–Crippen LogP) is 3.04. The number of rotatable bonds is 4. The highest BCUT2D eigenvalue weighted by Gasteiger charge is 2.20. The van der Waals surface area contributed by atoms with Crippen LogP contribution in [0.3, 0.4) is 0 Å². The van der Waals surface area contributed by atoms with Gasteiger partial charge >= 0.3 is 5.97 Å². The van der Waals surface area contributed by atoms with Crippen molar-refractivity contribution in [1.82, 2.24) is 9.88 Å². The van der Waals surface area contributed by atoms with Crippen molar-refractivity contribution in [2.45, 2.75) is 0 Å². The number of nitrogens with zero attached hydrogens (tertiary/aromatic N) is 2. The number of aromatic nitrogens is 1. The summed E-state index contributed by atoms with van der Waals surface area (Å²) in [5.74, 6) is -0.673. The molecule has 26 heavy (non-hydrogen) atoms. The molecule has 0 N–H and O–H groups in total. The summed E-state index contributed by atoms with van der Waals surface area (Å²) in [6.07, 6.45) is 0. The molecule has 1 fully saturated rings. The van der Waals surface area contributed by atoms with Crippen molar-refractivity contribution in [3.8, 4) is 9.88 Å². The van der Waals surface area contributed by atoms with Crippen molar-refractivity contribution >= 4 is 44.8 Å². The van der Waals surface area contributed by atoms with Crippen LogP contribution >= 0.6 is 22.7 Å².